The minimum Gasteiger partial charge on any atom is -0.411 e. The number of aryl methyl sites for hydroxylation is 1. The van der Waals surface area contributed by atoms with Crippen molar-refractivity contribution in [1.29, 1.82) is 0 Å². The van der Waals surface area contributed by atoms with Crippen LogP contribution in [0.2, 0.25) is 0 Å². The topological polar surface area (TPSA) is 52.9 Å². The lowest BCUT2D eigenvalue weighted by Crippen LogP contribution is -2.43. The highest BCUT2D eigenvalue weighted by atomic mass is 19.1. The third-order valence-electron chi connectivity index (χ3n) is 3.61. The second kappa shape index (κ2) is 5.56. The Morgan fingerprint density at radius 2 is 2.15 bits per heavy atom. The largest absolute Gasteiger partial charge is 0.411 e. The van der Waals surface area contributed by atoms with Crippen molar-refractivity contribution >= 4 is 11.6 Å². The van der Waals surface area contributed by atoms with E-state index in [2.05, 4.69) is 5.16 Å². The van der Waals surface area contributed by atoms with Gasteiger partial charge in [-0.25, -0.2) is 8.78 Å². The van der Waals surface area contributed by atoms with Gasteiger partial charge in [0.2, 0.25) is 0 Å². The lowest BCUT2D eigenvalue weighted by atomic mass is 9.96. The fourth-order valence-electron chi connectivity index (χ4n) is 2.37. The number of hydrogen-bond acceptors (Lipinski definition) is 3. The highest BCUT2D eigenvalue weighted by molar-refractivity contribution is 5.97. The van der Waals surface area contributed by atoms with Crippen LogP contribution in [0.1, 0.15) is 29.3 Å². The van der Waals surface area contributed by atoms with Crippen molar-refractivity contribution in [1.82, 2.24) is 4.90 Å². The quantitative estimate of drug-likeness (QED) is 0.636. The molecule has 20 heavy (non-hydrogen) atoms. The molecule has 4 nitrogen and oxygen atoms in total. The summed E-state index contributed by atoms with van der Waals surface area (Å²) < 4.78 is 27.7. The second-order valence-corrected chi connectivity index (χ2v) is 5.05. The number of halogens is 2. The van der Waals surface area contributed by atoms with Gasteiger partial charge in [0.15, 0.2) is 0 Å². The third-order valence-corrected chi connectivity index (χ3v) is 3.61. The molecule has 0 bridgehead atoms. The zero-order chi connectivity index (χ0) is 14.9. The number of rotatable bonds is 1. The summed E-state index contributed by atoms with van der Waals surface area (Å²) in [6.45, 7) is 3.86. The summed E-state index contributed by atoms with van der Waals surface area (Å²) in [5, 5.41) is 12.0. The average molecular weight is 282 g/mol. The first-order chi connectivity index (χ1) is 9.45. The number of nitrogens with zero attached hydrogens (tertiary/aromatic N) is 2. The van der Waals surface area contributed by atoms with Crippen molar-refractivity contribution < 1.29 is 18.8 Å². The van der Waals surface area contributed by atoms with Crippen LogP contribution in [0.3, 0.4) is 0 Å². The molecule has 0 spiro atoms. The number of likely N-dealkylation sites (tertiary alicyclic amines) is 1. The van der Waals surface area contributed by atoms with Gasteiger partial charge in [-0.3, -0.25) is 4.79 Å². The normalized spacial score (nSPS) is 21.3. The van der Waals surface area contributed by atoms with Gasteiger partial charge in [-0.05, 0) is 18.6 Å². The first-order valence-electron chi connectivity index (χ1n) is 6.40. The van der Waals surface area contributed by atoms with E-state index in [0.29, 0.717) is 12.1 Å². The van der Waals surface area contributed by atoms with Crippen LogP contribution in [0.5, 0.6) is 0 Å². The number of carbonyl (C=O) groups is 1. The number of benzene rings is 1. The van der Waals surface area contributed by atoms with Gasteiger partial charge in [-0.15, -0.1) is 0 Å². The molecule has 2 rings (SSSR count). The first-order valence-corrected chi connectivity index (χ1v) is 6.40. The molecule has 1 heterocycles. The van der Waals surface area contributed by atoms with Crippen molar-refractivity contribution in [2.75, 3.05) is 13.1 Å². The molecule has 0 aromatic heterocycles. The van der Waals surface area contributed by atoms with Crippen LogP contribution in [0.15, 0.2) is 17.3 Å². The van der Waals surface area contributed by atoms with Crippen molar-refractivity contribution in [3.8, 4) is 0 Å². The second-order valence-electron chi connectivity index (χ2n) is 5.05. The Morgan fingerprint density at radius 3 is 2.75 bits per heavy atom. The van der Waals surface area contributed by atoms with Crippen LogP contribution < -0.4 is 0 Å². The maximum atomic E-state index is 14.0. The number of hydrogen-bond donors (Lipinski definition) is 1. The molecule has 0 radical (unpaired) electrons. The van der Waals surface area contributed by atoms with Gasteiger partial charge in [0, 0.05) is 25.4 Å². The number of piperidine rings is 1. The minimum absolute atomic E-state index is 0.131. The van der Waals surface area contributed by atoms with E-state index in [0.717, 1.165) is 6.07 Å². The van der Waals surface area contributed by atoms with Crippen LogP contribution in [0, 0.1) is 24.5 Å². The molecule has 108 valence electrons. The standard InChI is InChI=1S/C14H16F2N2O2/c1-8-3-4-10(15)12(13(8)16)14(19)18-6-5-11(17-20)9(2)7-18/h3-4,9,20H,5-7H2,1-2H3/b17-11+. The monoisotopic (exact) mass is 282 g/mol. The SMILES string of the molecule is Cc1ccc(F)c(C(=O)N2CC/C(=N\O)C(C)C2)c1F. The predicted octanol–water partition coefficient (Wildman–Crippen LogP) is 2.59. The van der Waals surface area contributed by atoms with Gasteiger partial charge < -0.3 is 10.1 Å². The zero-order valence-corrected chi connectivity index (χ0v) is 11.4. The third kappa shape index (κ3) is 2.50. The molecular formula is C14H16F2N2O2. The van der Waals surface area contributed by atoms with E-state index in [4.69, 9.17) is 5.21 Å². The van der Waals surface area contributed by atoms with E-state index < -0.39 is 23.1 Å². The number of carbonyl (C=O) groups excluding carboxylic acids is 1. The van der Waals surface area contributed by atoms with E-state index in [1.165, 1.54) is 17.9 Å². The molecule has 1 aliphatic rings. The van der Waals surface area contributed by atoms with Gasteiger partial charge >= 0.3 is 0 Å². The van der Waals surface area contributed by atoms with Crippen molar-refractivity contribution in [2.24, 2.45) is 11.1 Å². The van der Waals surface area contributed by atoms with E-state index >= 15 is 0 Å². The van der Waals surface area contributed by atoms with Crippen LogP contribution in [0.4, 0.5) is 8.78 Å². The Balaban J connectivity index is 2.27. The number of oxime groups is 1. The molecule has 1 atom stereocenters. The van der Waals surface area contributed by atoms with Gasteiger partial charge in [0.25, 0.3) is 5.91 Å². The summed E-state index contributed by atoms with van der Waals surface area (Å²) >= 11 is 0. The maximum Gasteiger partial charge on any atom is 0.259 e. The van der Waals surface area contributed by atoms with Gasteiger partial charge in [-0.1, -0.05) is 18.1 Å². The van der Waals surface area contributed by atoms with Gasteiger partial charge in [0.1, 0.15) is 17.2 Å². The molecule has 1 unspecified atom stereocenters. The highest BCUT2D eigenvalue weighted by Crippen LogP contribution is 2.21. The maximum absolute atomic E-state index is 14.0. The average Bonchev–Trinajstić information content (AvgIpc) is 2.43. The summed E-state index contributed by atoms with van der Waals surface area (Å²) in [5.74, 6) is -2.46. The summed E-state index contributed by atoms with van der Waals surface area (Å²) in [4.78, 5) is 13.7. The van der Waals surface area contributed by atoms with E-state index in [-0.39, 0.29) is 24.6 Å². The molecule has 6 heteroatoms. The van der Waals surface area contributed by atoms with E-state index in [1.54, 1.807) is 6.92 Å². The van der Waals surface area contributed by atoms with Gasteiger partial charge in [-0.2, -0.15) is 0 Å². The lowest BCUT2D eigenvalue weighted by Gasteiger charge is -2.31. The smallest absolute Gasteiger partial charge is 0.259 e. The van der Waals surface area contributed by atoms with Crippen molar-refractivity contribution in [3.63, 3.8) is 0 Å². The first kappa shape index (κ1) is 14.4. The summed E-state index contributed by atoms with van der Waals surface area (Å²) in [6, 6.07) is 2.40. The molecule has 1 amide bonds. The number of amides is 1. The predicted molar refractivity (Wildman–Crippen MR) is 70.0 cm³/mol. The summed E-state index contributed by atoms with van der Waals surface area (Å²) in [6.07, 6.45) is 0.401. The fraction of sp³-hybridized carbons (Fsp3) is 0.429. The molecule has 1 aliphatic heterocycles. The Hall–Kier alpha value is -1.98. The molecule has 1 fully saturated rings. The molecule has 1 N–H and O–H groups in total. The lowest BCUT2D eigenvalue weighted by molar-refractivity contribution is 0.0724. The fourth-order valence-corrected chi connectivity index (χ4v) is 2.37. The highest BCUT2D eigenvalue weighted by Gasteiger charge is 2.30. The van der Waals surface area contributed by atoms with Gasteiger partial charge in [0.05, 0.1) is 5.71 Å². The van der Waals surface area contributed by atoms with Crippen LogP contribution in [0.25, 0.3) is 0 Å². The molecule has 1 aromatic carbocycles. The Labute approximate surface area is 115 Å². The summed E-state index contributed by atoms with van der Waals surface area (Å²) in [5.41, 5.74) is 0.318. The van der Waals surface area contributed by atoms with E-state index in [1.807, 2.05) is 0 Å². The van der Waals surface area contributed by atoms with Crippen molar-refractivity contribution in [2.45, 2.75) is 20.3 Å². The zero-order valence-electron chi connectivity index (χ0n) is 11.4. The minimum atomic E-state index is -0.854. The van der Waals surface area contributed by atoms with Crippen molar-refractivity contribution in [3.05, 3.63) is 34.9 Å². The molecule has 1 saturated heterocycles. The Bertz CT molecular complexity index is 573. The van der Waals surface area contributed by atoms with Crippen LogP contribution >= 0.6 is 0 Å². The summed E-state index contributed by atoms with van der Waals surface area (Å²) in [7, 11) is 0. The molecular weight excluding hydrogens is 266 g/mol. The van der Waals surface area contributed by atoms with E-state index in [9.17, 15) is 13.6 Å². The molecule has 0 aliphatic carbocycles. The van der Waals surface area contributed by atoms with Crippen LogP contribution in [-0.2, 0) is 0 Å². The Kier molecular flexibility index (Phi) is 4.01. The molecule has 1 aromatic rings. The Morgan fingerprint density at radius 1 is 1.45 bits per heavy atom. The molecule has 0 saturated carbocycles. The van der Waals surface area contributed by atoms with Crippen LogP contribution in [-0.4, -0.2) is 34.8 Å².